The number of aromatic nitrogens is 1. The second-order valence-electron chi connectivity index (χ2n) is 10.2. The molecule has 0 saturated heterocycles. The number of halogens is 1. The number of hydrogen-bond donors (Lipinski definition) is 1. The molecule has 0 aliphatic rings. The molecule has 8 nitrogen and oxygen atoms in total. The summed E-state index contributed by atoms with van der Waals surface area (Å²) in [6, 6.07) is 27.2. The number of furan rings is 1. The Morgan fingerprint density at radius 3 is 2.40 bits per heavy atom. The van der Waals surface area contributed by atoms with Gasteiger partial charge in [0.1, 0.15) is 36.3 Å². The summed E-state index contributed by atoms with van der Waals surface area (Å²) in [4.78, 5) is 14.6. The average molecular weight is 581 g/mol. The molecular weight excluding hydrogens is 547 g/mol. The molecule has 0 unspecified atom stereocenters. The van der Waals surface area contributed by atoms with E-state index in [-0.39, 0.29) is 24.8 Å². The highest BCUT2D eigenvalue weighted by atomic mass is 19.1. The summed E-state index contributed by atoms with van der Waals surface area (Å²) in [5.41, 5.74) is 7.81. The molecule has 0 atom stereocenters. The summed E-state index contributed by atoms with van der Waals surface area (Å²) in [5, 5.41) is 4.08. The van der Waals surface area contributed by atoms with E-state index in [2.05, 4.69) is 41.1 Å². The number of hydrazone groups is 1. The zero-order valence-corrected chi connectivity index (χ0v) is 24.5. The van der Waals surface area contributed by atoms with E-state index in [1.807, 2.05) is 61.5 Å². The van der Waals surface area contributed by atoms with Crippen molar-refractivity contribution in [2.24, 2.45) is 5.10 Å². The van der Waals surface area contributed by atoms with Crippen molar-refractivity contribution in [2.45, 2.75) is 27.1 Å². The first-order valence-corrected chi connectivity index (χ1v) is 13.8. The Balaban J connectivity index is 1.18. The zero-order chi connectivity index (χ0) is 30.3. The van der Waals surface area contributed by atoms with Crippen LogP contribution in [0.25, 0.3) is 5.69 Å². The second-order valence-corrected chi connectivity index (χ2v) is 10.2. The van der Waals surface area contributed by atoms with Crippen molar-refractivity contribution in [3.8, 4) is 17.2 Å². The molecule has 1 N–H and O–H groups in total. The van der Waals surface area contributed by atoms with Gasteiger partial charge in [0.05, 0.1) is 6.21 Å². The smallest absolute Gasteiger partial charge is 0.307 e. The van der Waals surface area contributed by atoms with Gasteiger partial charge in [-0.3, -0.25) is 4.79 Å². The first kappa shape index (κ1) is 29.2. The Bertz CT molecular complexity index is 1720. The Kier molecular flexibility index (Phi) is 8.90. The lowest BCUT2D eigenvalue weighted by Crippen LogP contribution is -2.17. The van der Waals surface area contributed by atoms with Crippen LogP contribution in [-0.4, -0.2) is 30.8 Å². The van der Waals surface area contributed by atoms with Crippen molar-refractivity contribution in [3.05, 3.63) is 131 Å². The van der Waals surface area contributed by atoms with E-state index in [1.165, 1.54) is 12.3 Å². The maximum absolute atomic E-state index is 14.1. The molecule has 5 rings (SSSR count). The lowest BCUT2D eigenvalue weighted by molar-refractivity contribution is 0.0923. The highest BCUT2D eigenvalue weighted by Gasteiger charge is 2.12. The fourth-order valence-electron chi connectivity index (χ4n) is 4.52. The van der Waals surface area contributed by atoms with E-state index in [9.17, 15) is 9.18 Å². The minimum Gasteiger partial charge on any atom is -0.488 e. The molecule has 3 aromatic carbocycles. The van der Waals surface area contributed by atoms with Crippen LogP contribution in [-0.2, 0) is 13.2 Å². The van der Waals surface area contributed by atoms with Gasteiger partial charge in [-0.25, -0.2) is 9.82 Å². The van der Waals surface area contributed by atoms with Crippen molar-refractivity contribution in [3.63, 3.8) is 0 Å². The number of nitrogens with one attached hydrogen (secondary N) is 1. The summed E-state index contributed by atoms with van der Waals surface area (Å²) < 4.78 is 33.7. The Labute approximate surface area is 250 Å². The standard InChI is InChI=1S/C34H33FN4O4/c1-23-9-10-24(2)39(23)27-13-15-29(16-14-27)41-22-30-17-18-32(43-30)34(40)37-36-20-25-11-12-28(38(3)4)19-33(25)42-21-26-7-5-6-8-31(26)35/h5-20H,21-22H2,1-4H3,(H,37,40)/b36-20+. The first-order valence-electron chi connectivity index (χ1n) is 13.8. The fraction of sp³-hybridized carbons (Fsp3) is 0.176. The maximum Gasteiger partial charge on any atom is 0.307 e. The molecule has 0 spiro atoms. The number of nitrogens with zero attached hydrogens (tertiary/aromatic N) is 3. The Hall–Kier alpha value is -5.31. The summed E-state index contributed by atoms with van der Waals surface area (Å²) >= 11 is 0. The summed E-state index contributed by atoms with van der Waals surface area (Å²) in [6.45, 7) is 4.35. The number of carbonyl (C=O) groups excluding carboxylic acids is 1. The normalized spacial score (nSPS) is 11.1. The van der Waals surface area contributed by atoms with Gasteiger partial charge in [0.25, 0.3) is 0 Å². The minimum absolute atomic E-state index is 0.0462. The van der Waals surface area contributed by atoms with Gasteiger partial charge in [0.15, 0.2) is 5.76 Å². The number of rotatable bonds is 11. The van der Waals surface area contributed by atoms with Crippen LogP contribution in [0.5, 0.6) is 11.5 Å². The fourth-order valence-corrected chi connectivity index (χ4v) is 4.52. The monoisotopic (exact) mass is 580 g/mol. The quantitative estimate of drug-likeness (QED) is 0.137. The number of carbonyl (C=O) groups is 1. The summed E-state index contributed by atoms with van der Waals surface area (Å²) in [7, 11) is 3.82. The van der Waals surface area contributed by atoms with Gasteiger partial charge in [0, 0.05) is 54.1 Å². The molecule has 5 aromatic rings. The predicted octanol–water partition coefficient (Wildman–Crippen LogP) is 6.81. The second kappa shape index (κ2) is 13.1. The molecule has 0 fully saturated rings. The van der Waals surface area contributed by atoms with Gasteiger partial charge in [-0.2, -0.15) is 5.10 Å². The number of anilines is 1. The lowest BCUT2D eigenvalue weighted by atomic mass is 10.2. The number of hydrogen-bond acceptors (Lipinski definition) is 6. The zero-order valence-electron chi connectivity index (χ0n) is 24.5. The van der Waals surface area contributed by atoms with E-state index >= 15 is 0 Å². The van der Waals surface area contributed by atoms with Crippen molar-refractivity contribution >= 4 is 17.8 Å². The highest BCUT2D eigenvalue weighted by Crippen LogP contribution is 2.25. The summed E-state index contributed by atoms with van der Waals surface area (Å²) in [6.07, 6.45) is 1.47. The third-order valence-corrected chi connectivity index (χ3v) is 6.86. The molecule has 2 aromatic heterocycles. The molecule has 1 amide bonds. The van der Waals surface area contributed by atoms with E-state index < -0.39 is 5.91 Å². The maximum atomic E-state index is 14.1. The van der Waals surface area contributed by atoms with Crippen LogP contribution in [0.4, 0.5) is 10.1 Å². The van der Waals surface area contributed by atoms with E-state index in [1.54, 1.807) is 30.3 Å². The Morgan fingerprint density at radius 2 is 1.67 bits per heavy atom. The molecule has 220 valence electrons. The lowest BCUT2D eigenvalue weighted by Gasteiger charge is -2.16. The molecule has 43 heavy (non-hydrogen) atoms. The van der Waals surface area contributed by atoms with Crippen LogP contribution in [0.3, 0.4) is 0 Å². The molecule has 0 bridgehead atoms. The molecule has 0 saturated carbocycles. The third kappa shape index (κ3) is 7.13. The van der Waals surface area contributed by atoms with Crippen molar-refractivity contribution in [1.82, 2.24) is 9.99 Å². The van der Waals surface area contributed by atoms with E-state index in [0.717, 1.165) is 22.8 Å². The minimum atomic E-state index is -0.511. The van der Waals surface area contributed by atoms with Crippen LogP contribution in [0, 0.1) is 19.7 Å². The van der Waals surface area contributed by atoms with Gasteiger partial charge >= 0.3 is 5.91 Å². The van der Waals surface area contributed by atoms with Crippen molar-refractivity contribution < 1.29 is 23.1 Å². The van der Waals surface area contributed by atoms with Crippen molar-refractivity contribution in [2.75, 3.05) is 19.0 Å². The molecule has 0 aliphatic heterocycles. The topological polar surface area (TPSA) is 81.2 Å². The van der Waals surface area contributed by atoms with E-state index in [4.69, 9.17) is 13.9 Å². The van der Waals surface area contributed by atoms with Gasteiger partial charge < -0.3 is 23.4 Å². The van der Waals surface area contributed by atoms with Crippen LogP contribution < -0.4 is 19.8 Å². The van der Waals surface area contributed by atoms with Gasteiger partial charge in [-0.1, -0.05) is 18.2 Å². The summed E-state index contributed by atoms with van der Waals surface area (Å²) in [5.74, 6) is 0.932. The SMILES string of the molecule is Cc1ccc(C)n1-c1ccc(OCc2ccc(C(=O)N/N=C/c3ccc(N(C)C)cc3OCc3ccccc3F)o2)cc1. The third-order valence-electron chi connectivity index (χ3n) is 6.86. The largest absolute Gasteiger partial charge is 0.488 e. The number of amides is 1. The number of ether oxygens (including phenoxy) is 2. The van der Waals surface area contributed by atoms with Crippen LogP contribution >= 0.6 is 0 Å². The number of aryl methyl sites for hydroxylation is 2. The molecular formula is C34H33FN4O4. The number of benzene rings is 3. The Morgan fingerprint density at radius 1 is 0.930 bits per heavy atom. The average Bonchev–Trinajstić information content (AvgIpc) is 3.62. The molecule has 0 radical (unpaired) electrons. The molecule has 2 heterocycles. The first-order chi connectivity index (χ1) is 20.8. The van der Waals surface area contributed by atoms with Gasteiger partial charge in [-0.05, 0) is 80.6 Å². The van der Waals surface area contributed by atoms with E-state index in [0.29, 0.717) is 28.4 Å². The van der Waals surface area contributed by atoms with Gasteiger partial charge in [0.2, 0.25) is 0 Å². The predicted molar refractivity (Wildman–Crippen MR) is 165 cm³/mol. The van der Waals surface area contributed by atoms with Crippen LogP contribution in [0.1, 0.15) is 38.8 Å². The van der Waals surface area contributed by atoms with Gasteiger partial charge in [-0.15, -0.1) is 0 Å². The highest BCUT2D eigenvalue weighted by molar-refractivity contribution is 5.93. The van der Waals surface area contributed by atoms with Crippen LogP contribution in [0.15, 0.2) is 101 Å². The molecule has 9 heteroatoms. The molecule has 0 aliphatic carbocycles. The van der Waals surface area contributed by atoms with Crippen molar-refractivity contribution in [1.29, 1.82) is 0 Å². The van der Waals surface area contributed by atoms with Crippen LogP contribution in [0.2, 0.25) is 0 Å².